The average Bonchev–Trinajstić information content (AvgIpc) is 3.66. The normalized spacial score (nSPS) is 20.7. The smallest absolute Gasteiger partial charge is 0.253 e. The third-order valence-electron chi connectivity index (χ3n) is 8.62. The van der Waals surface area contributed by atoms with Gasteiger partial charge in [-0.05, 0) is 67.0 Å². The highest BCUT2D eigenvalue weighted by Gasteiger charge is 2.59. The molecule has 3 aliphatic rings. The van der Waals surface area contributed by atoms with Crippen LogP contribution < -0.4 is 4.90 Å². The summed E-state index contributed by atoms with van der Waals surface area (Å²) in [5.74, 6) is 1.52. The van der Waals surface area contributed by atoms with Crippen molar-refractivity contribution >= 4 is 17.6 Å². The second kappa shape index (κ2) is 9.66. The summed E-state index contributed by atoms with van der Waals surface area (Å²) in [6.07, 6.45) is 4.63. The van der Waals surface area contributed by atoms with Crippen molar-refractivity contribution in [2.24, 2.45) is 11.3 Å². The van der Waals surface area contributed by atoms with Crippen LogP contribution in [0.15, 0.2) is 72.9 Å². The number of piperidine rings is 1. The molecule has 0 N–H and O–H groups in total. The highest BCUT2D eigenvalue weighted by atomic mass is 16.2. The summed E-state index contributed by atoms with van der Waals surface area (Å²) in [5.41, 5.74) is 4.35. The first-order valence-corrected chi connectivity index (χ1v) is 13.4. The molecule has 190 valence electrons. The second-order valence-corrected chi connectivity index (χ2v) is 10.9. The van der Waals surface area contributed by atoms with Gasteiger partial charge in [-0.2, -0.15) is 0 Å². The van der Waals surface area contributed by atoms with Crippen molar-refractivity contribution in [3.8, 4) is 11.1 Å². The van der Waals surface area contributed by atoms with E-state index in [4.69, 9.17) is 0 Å². The molecule has 3 heterocycles. The first-order chi connectivity index (χ1) is 18.0. The predicted molar refractivity (Wildman–Crippen MR) is 145 cm³/mol. The van der Waals surface area contributed by atoms with Gasteiger partial charge in [-0.3, -0.25) is 9.59 Å². The number of aryl methyl sites for hydroxylation is 1. The monoisotopic (exact) mass is 494 g/mol. The molecule has 2 aromatic carbocycles. The summed E-state index contributed by atoms with van der Waals surface area (Å²) in [4.78, 5) is 37.2. The molecule has 2 amide bonds. The molecule has 6 nitrogen and oxygen atoms in total. The van der Waals surface area contributed by atoms with E-state index in [-0.39, 0.29) is 17.2 Å². The van der Waals surface area contributed by atoms with Gasteiger partial charge >= 0.3 is 0 Å². The van der Waals surface area contributed by atoms with Gasteiger partial charge < -0.3 is 14.7 Å². The SMILES string of the molecule is Cc1ccc(-c2ccc(C(=O)N3CCC4(CC3)C[C@@H]4C(=O)N3CCN(c4ccccn4)CC3)cc2)cc1. The topological polar surface area (TPSA) is 56.8 Å². The Kier molecular flexibility index (Phi) is 6.19. The molecular formula is C31H34N4O2. The van der Waals surface area contributed by atoms with Gasteiger partial charge in [-0.1, -0.05) is 48.0 Å². The second-order valence-electron chi connectivity index (χ2n) is 10.9. The lowest BCUT2D eigenvalue weighted by Crippen LogP contribution is -2.50. The summed E-state index contributed by atoms with van der Waals surface area (Å²) in [6.45, 7) is 6.71. The maximum absolute atomic E-state index is 13.3. The molecule has 1 aliphatic carbocycles. The molecule has 2 aliphatic heterocycles. The molecule has 0 bridgehead atoms. The number of likely N-dealkylation sites (tertiary alicyclic amines) is 1. The summed E-state index contributed by atoms with van der Waals surface area (Å²) < 4.78 is 0. The van der Waals surface area contributed by atoms with Crippen LogP contribution in [0.25, 0.3) is 11.1 Å². The highest BCUT2D eigenvalue weighted by Crippen LogP contribution is 2.60. The third kappa shape index (κ3) is 4.73. The van der Waals surface area contributed by atoms with Gasteiger partial charge in [0, 0.05) is 56.9 Å². The molecule has 1 saturated carbocycles. The Morgan fingerprint density at radius 1 is 0.784 bits per heavy atom. The van der Waals surface area contributed by atoms with E-state index in [0.29, 0.717) is 5.91 Å². The van der Waals surface area contributed by atoms with Crippen LogP contribution in [0.2, 0.25) is 0 Å². The minimum Gasteiger partial charge on any atom is -0.353 e. The Labute approximate surface area is 218 Å². The van der Waals surface area contributed by atoms with Crippen molar-refractivity contribution in [1.82, 2.24) is 14.8 Å². The number of carbonyl (C=O) groups is 2. The van der Waals surface area contributed by atoms with E-state index in [9.17, 15) is 9.59 Å². The third-order valence-corrected chi connectivity index (χ3v) is 8.62. The first kappa shape index (κ1) is 23.7. The van der Waals surface area contributed by atoms with Crippen molar-refractivity contribution in [3.05, 3.63) is 84.1 Å². The van der Waals surface area contributed by atoms with E-state index in [0.717, 1.165) is 81.0 Å². The van der Waals surface area contributed by atoms with Crippen LogP contribution in [0.3, 0.4) is 0 Å². The zero-order valence-corrected chi connectivity index (χ0v) is 21.5. The van der Waals surface area contributed by atoms with Crippen molar-refractivity contribution in [2.45, 2.75) is 26.2 Å². The summed E-state index contributed by atoms with van der Waals surface area (Å²) in [6, 6.07) is 22.4. The fraction of sp³-hybridized carbons (Fsp3) is 0.387. The molecule has 1 aromatic heterocycles. The van der Waals surface area contributed by atoms with Gasteiger partial charge in [0.2, 0.25) is 5.91 Å². The van der Waals surface area contributed by atoms with E-state index in [1.54, 1.807) is 0 Å². The lowest BCUT2D eigenvalue weighted by Gasteiger charge is -2.37. The molecule has 0 radical (unpaired) electrons. The van der Waals surface area contributed by atoms with Crippen molar-refractivity contribution in [1.29, 1.82) is 0 Å². The number of carbonyl (C=O) groups excluding carboxylic acids is 2. The number of nitrogens with zero attached hydrogens (tertiary/aromatic N) is 4. The highest BCUT2D eigenvalue weighted by molar-refractivity contribution is 5.95. The quantitative estimate of drug-likeness (QED) is 0.530. The van der Waals surface area contributed by atoms with Crippen LogP contribution in [0.4, 0.5) is 5.82 Å². The fourth-order valence-corrected chi connectivity index (χ4v) is 6.06. The summed E-state index contributed by atoms with van der Waals surface area (Å²) >= 11 is 0. The number of aromatic nitrogens is 1. The molecule has 2 saturated heterocycles. The Bertz CT molecular complexity index is 1260. The number of piperazine rings is 1. The number of hydrogen-bond acceptors (Lipinski definition) is 4. The summed E-state index contributed by atoms with van der Waals surface area (Å²) in [5, 5.41) is 0. The van der Waals surface area contributed by atoms with Crippen LogP contribution >= 0.6 is 0 Å². The molecule has 1 atom stereocenters. The van der Waals surface area contributed by atoms with E-state index >= 15 is 0 Å². The zero-order chi connectivity index (χ0) is 25.4. The van der Waals surface area contributed by atoms with E-state index in [2.05, 4.69) is 41.1 Å². The van der Waals surface area contributed by atoms with Crippen LogP contribution in [0.5, 0.6) is 0 Å². The fourth-order valence-electron chi connectivity index (χ4n) is 6.06. The number of hydrogen-bond donors (Lipinski definition) is 0. The molecule has 1 spiro atoms. The summed E-state index contributed by atoms with van der Waals surface area (Å²) in [7, 11) is 0. The molecular weight excluding hydrogens is 460 g/mol. The zero-order valence-electron chi connectivity index (χ0n) is 21.5. The Morgan fingerprint density at radius 2 is 1.43 bits per heavy atom. The lowest BCUT2D eigenvalue weighted by molar-refractivity contribution is -0.134. The molecule has 6 rings (SSSR count). The molecule has 3 fully saturated rings. The van der Waals surface area contributed by atoms with Crippen LogP contribution in [-0.4, -0.2) is 65.9 Å². The van der Waals surface area contributed by atoms with Crippen molar-refractivity contribution in [3.63, 3.8) is 0 Å². The Hall–Kier alpha value is -3.67. The van der Waals surface area contributed by atoms with E-state index in [1.165, 1.54) is 5.56 Å². The van der Waals surface area contributed by atoms with Gasteiger partial charge in [0.15, 0.2) is 0 Å². The predicted octanol–water partition coefficient (Wildman–Crippen LogP) is 4.65. The maximum atomic E-state index is 13.3. The van der Waals surface area contributed by atoms with Gasteiger partial charge in [0.1, 0.15) is 5.82 Å². The maximum Gasteiger partial charge on any atom is 0.253 e. The minimum absolute atomic E-state index is 0.0967. The standard InChI is InChI=1S/C31H34N4O2/c1-23-5-7-24(8-6-23)25-9-11-26(12-10-25)29(36)34-16-13-31(14-17-34)22-27(31)30(37)35-20-18-33(19-21-35)28-4-2-3-15-32-28/h2-12,15,27H,13-14,16-22H2,1H3/t27-/m1/s1. The van der Waals surface area contributed by atoms with Gasteiger partial charge in [0.05, 0.1) is 0 Å². The average molecular weight is 495 g/mol. The number of anilines is 1. The van der Waals surface area contributed by atoms with Crippen LogP contribution in [0.1, 0.15) is 35.2 Å². The molecule has 3 aromatic rings. The van der Waals surface area contributed by atoms with Crippen LogP contribution in [0, 0.1) is 18.3 Å². The minimum atomic E-state index is 0.0967. The molecule has 6 heteroatoms. The van der Waals surface area contributed by atoms with Gasteiger partial charge in [-0.25, -0.2) is 4.98 Å². The Balaban J connectivity index is 1.01. The van der Waals surface area contributed by atoms with E-state index < -0.39 is 0 Å². The number of amides is 2. The largest absolute Gasteiger partial charge is 0.353 e. The first-order valence-electron chi connectivity index (χ1n) is 13.4. The van der Waals surface area contributed by atoms with Crippen molar-refractivity contribution < 1.29 is 9.59 Å². The lowest BCUT2D eigenvalue weighted by atomic mass is 9.90. The van der Waals surface area contributed by atoms with Gasteiger partial charge in [-0.15, -0.1) is 0 Å². The molecule has 37 heavy (non-hydrogen) atoms. The number of rotatable bonds is 4. The van der Waals surface area contributed by atoms with Crippen LogP contribution in [-0.2, 0) is 4.79 Å². The van der Waals surface area contributed by atoms with E-state index in [1.807, 2.05) is 58.5 Å². The van der Waals surface area contributed by atoms with Gasteiger partial charge in [0.25, 0.3) is 5.91 Å². The molecule has 0 unspecified atom stereocenters. The van der Waals surface area contributed by atoms with Crippen molar-refractivity contribution in [2.75, 3.05) is 44.2 Å². The number of benzene rings is 2. The Morgan fingerprint density at radius 3 is 2.05 bits per heavy atom. The number of pyridine rings is 1.